The van der Waals surface area contributed by atoms with Crippen molar-refractivity contribution in [1.82, 2.24) is 10.2 Å². The maximum absolute atomic E-state index is 11.1. The molecule has 0 spiro atoms. The average Bonchev–Trinajstić information content (AvgIpc) is 2.48. The average molecular weight is 303 g/mol. The fourth-order valence-electron chi connectivity index (χ4n) is 1.91. The van der Waals surface area contributed by atoms with Crippen molar-refractivity contribution in [2.24, 2.45) is 0 Å². The third-order valence-corrected chi connectivity index (χ3v) is 3.18. The van der Waals surface area contributed by atoms with Gasteiger partial charge >= 0.3 is 0 Å². The van der Waals surface area contributed by atoms with E-state index in [4.69, 9.17) is 10.00 Å². The molecule has 1 aromatic rings. The number of nitrogens with zero attached hydrogens (tertiary/aromatic N) is 2. The second kappa shape index (κ2) is 10.6. The lowest BCUT2D eigenvalue weighted by atomic mass is 10.1. The van der Waals surface area contributed by atoms with E-state index in [0.717, 1.165) is 31.6 Å². The summed E-state index contributed by atoms with van der Waals surface area (Å²) >= 11 is 0. The molecule has 22 heavy (non-hydrogen) atoms. The van der Waals surface area contributed by atoms with Crippen LogP contribution < -0.4 is 10.1 Å². The van der Waals surface area contributed by atoms with Gasteiger partial charge in [-0.05, 0) is 51.1 Å². The van der Waals surface area contributed by atoms with Crippen molar-refractivity contribution in [2.45, 2.75) is 25.7 Å². The zero-order valence-corrected chi connectivity index (χ0v) is 13.5. The minimum Gasteiger partial charge on any atom is -0.492 e. The summed E-state index contributed by atoms with van der Waals surface area (Å²) in [7, 11) is 4.05. The lowest BCUT2D eigenvalue weighted by Crippen LogP contribution is -2.23. The van der Waals surface area contributed by atoms with E-state index in [-0.39, 0.29) is 12.3 Å². The van der Waals surface area contributed by atoms with Crippen LogP contribution in [0, 0.1) is 11.3 Å². The molecule has 0 radical (unpaired) electrons. The number of nitrogens with one attached hydrogen (secondary N) is 1. The van der Waals surface area contributed by atoms with E-state index in [1.807, 2.05) is 32.3 Å². The molecule has 120 valence electrons. The summed E-state index contributed by atoms with van der Waals surface area (Å²) in [5.41, 5.74) is 1.27. The maximum atomic E-state index is 11.1. The van der Waals surface area contributed by atoms with Crippen molar-refractivity contribution in [2.75, 3.05) is 33.8 Å². The fraction of sp³-hybridized carbons (Fsp3) is 0.529. The highest BCUT2D eigenvalue weighted by atomic mass is 16.5. The summed E-state index contributed by atoms with van der Waals surface area (Å²) in [5, 5.41) is 11.1. The van der Waals surface area contributed by atoms with Gasteiger partial charge in [0.25, 0.3) is 0 Å². The number of likely N-dealkylation sites (N-methyl/N-ethyl adjacent to an activating group) is 1. The van der Waals surface area contributed by atoms with Gasteiger partial charge < -0.3 is 15.0 Å². The Balaban J connectivity index is 2.16. The van der Waals surface area contributed by atoms with Gasteiger partial charge in [0.05, 0.1) is 6.07 Å². The molecule has 1 aromatic carbocycles. The first kappa shape index (κ1) is 18.0. The number of amides is 1. The highest BCUT2D eigenvalue weighted by Crippen LogP contribution is 2.13. The molecule has 0 bridgehead atoms. The van der Waals surface area contributed by atoms with Crippen molar-refractivity contribution in [3.05, 3.63) is 29.8 Å². The number of hydrogen-bond donors (Lipinski definition) is 1. The Hall–Kier alpha value is -2.06. The molecular formula is C17H25N3O2. The molecule has 0 fully saturated rings. The number of aryl methyl sites for hydroxylation is 1. The highest BCUT2D eigenvalue weighted by Gasteiger charge is 1.99. The normalized spacial score (nSPS) is 10.3. The van der Waals surface area contributed by atoms with Gasteiger partial charge in [-0.25, -0.2) is 0 Å². The molecule has 0 aromatic heterocycles. The first-order chi connectivity index (χ1) is 10.6. The van der Waals surface area contributed by atoms with Crippen LogP contribution in [0.2, 0.25) is 0 Å². The summed E-state index contributed by atoms with van der Waals surface area (Å²) < 4.78 is 5.65. The number of ether oxygens (including phenoxy) is 1. The zero-order valence-electron chi connectivity index (χ0n) is 13.5. The number of carbonyl (C=O) groups is 1. The number of rotatable bonds is 10. The van der Waals surface area contributed by atoms with Crippen LogP contribution in [0.25, 0.3) is 0 Å². The Bertz CT molecular complexity index is 478. The van der Waals surface area contributed by atoms with Gasteiger partial charge in [0.2, 0.25) is 5.91 Å². The zero-order chi connectivity index (χ0) is 16.2. The standard InChI is InChI=1S/C17H25N3O2/c1-20(2)13-14-22-16-8-6-15(7-9-16)5-3-4-12-19-17(21)10-11-18/h6-9H,3-5,10,12-14H2,1-2H3,(H,19,21). The summed E-state index contributed by atoms with van der Waals surface area (Å²) in [6.45, 7) is 2.22. The number of unbranched alkanes of at least 4 members (excludes halogenated alkanes) is 1. The second-order valence-electron chi connectivity index (χ2n) is 5.44. The lowest BCUT2D eigenvalue weighted by Gasteiger charge is -2.11. The maximum Gasteiger partial charge on any atom is 0.234 e. The molecule has 0 atom stereocenters. The molecule has 5 heteroatoms. The van der Waals surface area contributed by atoms with E-state index in [1.165, 1.54) is 5.56 Å². The summed E-state index contributed by atoms with van der Waals surface area (Å²) in [6, 6.07) is 10.00. The Morgan fingerprint density at radius 3 is 2.64 bits per heavy atom. The molecule has 5 nitrogen and oxygen atoms in total. The SMILES string of the molecule is CN(C)CCOc1ccc(CCCCNC(=O)CC#N)cc1. The van der Waals surface area contributed by atoms with E-state index in [2.05, 4.69) is 22.3 Å². The first-order valence-corrected chi connectivity index (χ1v) is 7.62. The Morgan fingerprint density at radius 2 is 2.00 bits per heavy atom. The van der Waals surface area contributed by atoms with Crippen molar-refractivity contribution in [3.8, 4) is 11.8 Å². The van der Waals surface area contributed by atoms with Crippen molar-refractivity contribution < 1.29 is 9.53 Å². The molecule has 0 saturated heterocycles. The number of nitriles is 1. The molecular weight excluding hydrogens is 278 g/mol. The molecule has 0 aliphatic rings. The van der Waals surface area contributed by atoms with Crippen LogP contribution in [0.1, 0.15) is 24.8 Å². The molecule has 0 aliphatic carbocycles. The third-order valence-electron chi connectivity index (χ3n) is 3.18. The van der Waals surface area contributed by atoms with Crippen molar-refractivity contribution in [3.63, 3.8) is 0 Å². The second-order valence-corrected chi connectivity index (χ2v) is 5.44. The smallest absolute Gasteiger partial charge is 0.234 e. The molecule has 0 aliphatic heterocycles. The van der Waals surface area contributed by atoms with E-state index in [1.54, 1.807) is 0 Å². The Labute approximate surface area is 132 Å². The minimum atomic E-state index is -0.193. The molecule has 1 amide bonds. The monoisotopic (exact) mass is 303 g/mol. The van der Waals surface area contributed by atoms with Crippen LogP contribution in [-0.4, -0.2) is 44.6 Å². The van der Waals surface area contributed by atoms with Gasteiger partial charge in [-0.15, -0.1) is 0 Å². The van der Waals surface area contributed by atoms with Gasteiger partial charge in [-0.2, -0.15) is 5.26 Å². The predicted molar refractivity (Wildman–Crippen MR) is 86.7 cm³/mol. The van der Waals surface area contributed by atoms with E-state index >= 15 is 0 Å². The molecule has 1 N–H and O–H groups in total. The van der Waals surface area contributed by atoms with Gasteiger partial charge in [0, 0.05) is 13.1 Å². The molecule has 0 unspecified atom stereocenters. The van der Waals surface area contributed by atoms with Crippen LogP contribution in [0.5, 0.6) is 5.75 Å². The van der Waals surface area contributed by atoms with Crippen molar-refractivity contribution in [1.29, 1.82) is 5.26 Å². The fourth-order valence-corrected chi connectivity index (χ4v) is 1.91. The number of hydrogen-bond acceptors (Lipinski definition) is 4. The van der Waals surface area contributed by atoms with Gasteiger partial charge in [-0.3, -0.25) is 4.79 Å². The predicted octanol–water partition coefficient (Wildman–Crippen LogP) is 1.98. The summed E-state index contributed by atoms with van der Waals surface area (Å²) in [4.78, 5) is 13.2. The van der Waals surface area contributed by atoms with Gasteiger partial charge in [-0.1, -0.05) is 12.1 Å². The highest BCUT2D eigenvalue weighted by molar-refractivity contribution is 5.77. The van der Waals surface area contributed by atoms with Crippen LogP contribution in [0.15, 0.2) is 24.3 Å². The number of benzene rings is 1. The minimum absolute atomic E-state index is 0.0602. The first-order valence-electron chi connectivity index (χ1n) is 7.62. The Morgan fingerprint density at radius 1 is 1.27 bits per heavy atom. The summed E-state index contributed by atoms with van der Waals surface area (Å²) in [5.74, 6) is 0.705. The van der Waals surface area contributed by atoms with Crippen LogP contribution in [0.3, 0.4) is 0 Å². The number of carbonyl (C=O) groups excluding carboxylic acids is 1. The Kier molecular flexibility index (Phi) is 8.70. The van der Waals surface area contributed by atoms with Gasteiger partial charge in [0.15, 0.2) is 0 Å². The molecule has 0 saturated carbocycles. The molecule has 1 rings (SSSR count). The van der Waals surface area contributed by atoms with Crippen molar-refractivity contribution >= 4 is 5.91 Å². The van der Waals surface area contributed by atoms with Gasteiger partial charge in [0.1, 0.15) is 18.8 Å². The van der Waals surface area contributed by atoms with Crippen LogP contribution >= 0.6 is 0 Å². The topological polar surface area (TPSA) is 65.4 Å². The largest absolute Gasteiger partial charge is 0.492 e. The van der Waals surface area contributed by atoms with E-state index < -0.39 is 0 Å². The quantitative estimate of drug-likeness (QED) is 0.671. The third kappa shape index (κ3) is 8.28. The van der Waals surface area contributed by atoms with Crippen LogP contribution in [0.4, 0.5) is 0 Å². The van der Waals surface area contributed by atoms with E-state index in [0.29, 0.717) is 13.2 Å². The molecule has 0 heterocycles. The van der Waals surface area contributed by atoms with Crippen LogP contribution in [-0.2, 0) is 11.2 Å². The van der Waals surface area contributed by atoms with E-state index in [9.17, 15) is 4.79 Å². The summed E-state index contributed by atoms with van der Waals surface area (Å²) in [6.07, 6.45) is 2.84. The lowest BCUT2D eigenvalue weighted by molar-refractivity contribution is -0.120.